The number of carbonyl (C=O) groups is 2. The van der Waals surface area contributed by atoms with Crippen LogP contribution in [-0.2, 0) is 9.59 Å². The van der Waals surface area contributed by atoms with Crippen LogP contribution in [-0.4, -0.2) is 60.4 Å². The monoisotopic (exact) mass is 283 g/mol. The van der Waals surface area contributed by atoms with Crippen LogP contribution in [0, 0.1) is 5.92 Å². The molecule has 1 rings (SSSR count). The van der Waals surface area contributed by atoms with Crippen LogP contribution in [0.1, 0.15) is 40.5 Å². The zero-order valence-electron chi connectivity index (χ0n) is 13.7. The summed E-state index contributed by atoms with van der Waals surface area (Å²) in [5.74, 6) is 0.127. The van der Waals surface area contributed by atoms with Crippen molar-refractivity contribution in [2.24, 2.45) is 5.92 Å². The molecule has 0 spiro atoms. The average molecular weight is 283 g/mol. The van der Waals surface area contributed by atoms with Crippen molar-refractivity contribution in [1.29, 1.82) is 0 Å². The summed E-state index contributed by atoms with van der Waals surface area (Å²) in [5.41, 5.74) is -0.788. The lowest BCUT2D eigenvalue weighted by Crippen LogP contribution is -2.69. The number of nitrogens with zero attached hydrogens (tertiary/aromatic N) is 2. The predicted molar refractivity (Wildman–Crippen MR) is 80.3 cm³/mol. The number of hydrogen-bond donors (Lipinski definition) is 1. The van der Waals surface area contributed by atoms with E-state index in [1.165, 1.54) is 0 Å². The molecule has 0 saturated carbocycles. The van der Waals surface area contributed by atoms with E-state index < -0.39 is 5.54 Å². The van der Waals surface area contributed by atoms with Crippen molar-refractivity contribution in [3.8, 4) is 0 Å². The van der Waals surface area contributed by atoms with Crippen LogP contribution in [0.4, 0.5) is 0 Å². The SMILES string of the molecule is CC(C)C1C(=O)NC(C)(C)C(=O)N1CCCCN(C)C. The summed E-state index contributed by atoms with van der Waals surface area (Å²) in [6, 6.07) is -0.338. The van der Waals surface area contributed by atoms with E-state index in [9.17, 15) is 9.59 Å². The van der Waals surface area contributed by atoms with Gasteiger partial charge in [0.2, 0.25) is 11.8 Å². The van der Waals surface area contributed by atoms with E-state index in [4.69, 9.17) is 0 Å². The molecule has 1 aliphatic rings. The predicted octanol–water partition coefficient (Wildman–Crippen LogP) is 1.09. The van der Waals surface area contributed by atoms with E-state index >= 15 is 0 Å². The number of unbranched alkanes of at least 4 members (excludes halogenated alkanes) is 1. The van der Waals surface area contributed by atoms with Gasteiger partial charge in [-0.15, -0.1) is 0 Å². The second kappa shape index (κ2) is 6.57. The Labute approximate surface area is 122 Å². The van der Waals surface area contributed by atoms with E-state index in [1.807, 2.05) is 27.9 Å². The Morgan fingerprint density at radius 1 is 1.25 bits per heavy atom. The second-order valence-electron chi connectivity index (χ2n) is 6.81. The molecule has 1 atom stereocenters. The third kappa shape index (κ3) is 3.95. The summed E-state index contributed by atoms with van der Waals surface area (Å²) in [4.78, 5) is 28.7. The van der Waals surface area contributed by atoms with Gasteiger partial charge >= 0.3 is 0 Å². The minimum absolute atomic E-state index is 0.0284. The van der Waals surface area contributed by atoms with Gasteiger partial charge in [0.25, 0.3) is 0 Å². The Kier molecular flexibility index (Phi) is 5.57. The van der Waals surface area contributed by atoms with Gasteiger partial charge in [-0.05, 0) is 53.2 Å². The molecule has 0 aliphatic carbocycles. The molecule has 1 unspecified atom stereocenters. The van der Waals surface area contributed by atoms with Crippen molar-refractivity contribution >= 4 is 11.8 Å². The third-order valence-corrected chi connectivity index (χ3v) is 3.72. The summed E-state index contributed by atoms with van der Waals surface area (Å²) in [6.07, 6.45) is 1.96. The zero-order chi connectivity index (χ0) is 15.5. The van der Waals surface area contributed by atoms with Crippen molar-refractivity contribution in [3.05, 3.63) is 0 Å². The first-order valence-electron chi connectivity index (χ1n) is 7.44. The lowest BCUT2D eigenvalue weighted by atomic mass is 9.91. The van der Waals surface area contributed by atoms with Crippen molar-refractivity contribution in [1.82, 2.24) is 15.1 Å². The zero-order valence-corrected chi connectivity index (χ0v) is 13.7. The Morgan fingerprint density at radius 3 is 2.35 bits per heavy atom. The van der Waals surface area contributed by atoms with Crippen LogP contribution in [0.2, 0.25) is 0 Å². The number of hydrogen-bond acceptors (Lipinski definition) is 3. The van der Waals surface area contributed by atoms with Crippen LogP contribution in [0.3, 0.4) is 0 Å². The standard InChI is InChI=1S/C15H29N3O2/c1-11(2)12-13(19)16-15(3,4)14(20)18(12)10-8-7-9-17(5)6/h11-12H,7-10H2,1-6H3,(H,16,19). The quantitative estimate of drug-likeness (QED) is 0.743. The lowest BCUT2D eigenvalue weighted by molar-refractivity contribution is -0.155. The molecule has 0 radical (unpaired) electrons. The number of carbonyl (C=O) groups excluding carboxylic acids is 2. The second-order valence-corrected chi connectivity index (χ2v) is 6.81. The van der Waals surface area contributed by atoms with E-state index in [0.29, 0.717) is 6.54 Å². The summed E-state index contributed by atoms with van der Waals surface area (Å²) in [6.45, 7) is 9.19. The highest BCUT2D eigenvalue weighted by molar-refractivity contribution is 5.99. The lowest BCUT2D eigenvalue weighted by Gasteiger charge is -2.44. The van der Waals surface area contributed by atoms with Crippen LogP contribution in [0.5, 0.6) is 0 Å². The maximum atomic E-state index is 12.5. The summed E-state index contributed by atoms with van der Waals surface area (Å²) >= 11 is 0. The molecule has 5 heteroatoms. The van der Waals surface area contributed by atoms with Crippen molar-refractivity contribution < 1.29 is 9.59 Å². The molecule has 0 aromatic rings. The van der Waals surface area contributed by atoms with Gasteiger partial charge in [-0.3, -0.25) is 9.59 Å². The highest BCUT2D eigenvalue weighted by Crippen LogP contribution is 2.23. The van der Waals surface area contributed by atoms with Crippen LogP contribution in [0.15, 0.2) is 0 Å². The molecule has 0 aromatic heterocycles. The maximum Gasteiger partial charge on any atom is 0.248 e. The molecule has 2 amide bonds. The van der Waals surface area contributed by atoms with E-state index in [0.717, 1.165) is 19.4 Å². The molecular formula is C15H29N3O2. The minimum atomic E-state index is -0.788. The molecule has 1 fully saturated rings. The highest BCUT2D eigenvalue weighted by Gasteiger charge is 2.45. The normalized spacial score (nSPS) is 22.6. The number of piperazine rings is 1. The van der Waals surface area contributed by atoms with Crippen molar-refractivity contribution in [2.75, 3.05) is 27.2 Å². The van der Waals surface area contributed by atoms with Crippen molar-refractivity contribution in [2.45, 2.75) is 52.1 Å². The summed E-state index contributed by atoms with van der Waals surface area (Å²) < 4.78 is 0. The Bertz CT molecular complexity index is 364. The smallest absolute Gasteiger partial charge is 0.248 e. The van der Waals surface area contributed by atoms with Gasteiger partial charge < -0.3 is 15.1 Å². The van der Waals surface area contributed by atoms with Gasteiger partial charge in [-0.25, -0.2) is 0 Å². The number of rotatable bonds is 6. The first kappa shape index (κ1) is 17.0. The van der Waals surface area contributed by atoms with E-state index in [1.54, 1.807) is 18.7 Å². The molecule has 0 aromatic carbocycles. The third-order valence-electron chi connectivity index (χ3n) is 3.72. The van der Waals surface area contributed by atoms with Gasteiger partial charge in [-0.2, -0.15) is 0 Å². The Morgan fingerprint density at radius 2 is 1.85 bits per heavy atom. The Hall–Kier alpha value is -1.10. The molecule has 1 saturated heterocycles. The average Bonchev–Trinajstić information content (AvgIpc) is 2.28. The summed E-state index contributed by atoms with van der Waals surface area (Å²) in [7, 11) is 4.08. The fourth-order valence-corrected chi connectivity index (χ4v) is 2.68. The van der Waals surface area contributed by atoms with Gasteiger partial charge in [0.05, 0.1) is 0 Å². The van der Waals surface area contributed by atoms with Crippen LogP contribution < -0.4 is 5.32 Å². The topological polar surface area (TPSA) is 52.7 Å². The molecule has 5 nitrogen and oxygen atoms in total. The van der Waals surface area contributed by atoms with Crippen LogP contribution >= 0.6 is 0 Å². The molecule has 1 aliphatic heterocycles. The largest absolute Gasteiger partial charge is 0.340 e. The fourth-order valence-electron chi connectivity index (χ4n) is 2.68. The van der Waals surface area contributed by atoms with Gasteiger partial charge in [0.15, 0.2) is 0 Å². The molecule has 116 valence electrons. The summed E-state index contributed by atoms with van der Waals surface area (Å²) in [5, 5.41) is 2.84. The maximum absolute atomic E-state index is 12.5. The molecule has 1 N–H and O–H groups in total. The van der Waals surface area contributed by atoms with Crippen molar-refractivity contribution in [3.63, 3.8) is 0 Å². The highest BCUT2D eigenvalue weighted by atomic mass is 16.2. The molecular weight excluding hydrogens is 254 g/mol. The van der Waals surface area contributed by atoms with Gasteiger partial charge in [0.1, 0.15) is 11.6 Å². The number of nitrogens with one attached hydrogen (secondary N) is 1. The van der Waals surface area contributed by atoms with E-state index in [-0.39, 0.29) is 23.8 Å². The van der Waals surface area contributed by atoms with Gasteiger partial charge in [-0.1, -0.05) is 13.8 Å². The fraction of sp³-hybridized carbons (Fsp3) is 0.867. The van der Waals surface area contributed by atoms with Crippen LogP contribution in [0.25, 0.3) is 0 Å². The Balaban J connectivity index is 2.74. The first-order chi connectivity index (χ1) is 9.16. The molecule has 0 bridgehead atoms. The van der Waals surface area contributed by atoms with E-state index in [2.05, 4.69) is 10.2 Å². The molecule has 1 heterocycles. The first-order valence-corrected chi connectivity index (χ1v) is 7.44. The minimum Gasteiger partial charge on any atom is -0.340 e. The van der Waals surface area contributed by atoms with Gasteiger partial charge in [0, 0.05) is 6.54 Å². The number of amides is 2. The molecule has 20 heavy (non-hydrogen) atoms.